The minimum absolute atomic E-state index is 0.0107. The number of carbonyl (C=O) groups is 1. The van der Waals surface area contributed by atoms with Gasteiger partial charge in [0.15, 0.2) is 5.13 Å². The minimum atomic E-state index is -3.34. The fourth-order valence-corrected chi connectivity index (χ4v) is 5.58. The van der Waals surface area contributed by atoms with E-state index in [0.29, 0.717) is 23.1 Å². The summed E-state index contributed by atoms with van der Waals surface area (Å²) in [4.78, 5) is 19.7. The zero-order valence-electron chi connectivity index (χ0n) is 21.7. The second kappa shape index (κ2) is 12.2. The second-order valence-electron chi connectivity index (χ2n) is 9.37. The summed E-state index contributed by atoms with van der Waals surface area (Å²) in [5.41, 5.74) is 4.47. The number of amides is 2. The molecular formula is C29H32N4O3S2. The van der Waals surface area contributed by atoms with E-state index in [0.717, 1.165) is 18.2 Å². The Morgan fingerprint density at radius 2 is 1.50 bits per heavy atom. The predicted molar refractivity (Wildman–Crippen MR) is 156 cm³/mol. The summed E-state index contributed by atoms with van der Waals surface area (Å²) in [5, 5.41) is 5.34. The van der Waals surface area contributed by atoms with E-state index in [2.05, 4.69) is 39.3 Å². The molecule has 0 radical (unpaired) electrons. The number of thiazole rings is 1. The predicted octanol–water partition coefficient (Wildman–Crippen LogP) is 6.65. The summed E-state index contributed by atoms with van der Waals surface area (Å²) in [6, 6.07) is 27.6. The SMILES string of the molecule is CC(C)N(CCC(c1ccccc1)c1ccccc1)C(=O)Nc1nc(-c2ccc(NS(C)(=O)=O)cc2)cs1. The number of hydrogen-bond donors (Lipinski definition) is 2. The third-order valence-corrected chi connectivity index (χ3v) is 7.51. The van der Waals surface area contributed by atoms with Crippen LogP contribution in [0.25, 0.3) is 11.3 Å². The van der Waals surface area contributed by atoms with Crippen molar-refractivity contribution in [2.75, 3.05) is 22.8 Å². The molecule has 198 valence electrons. The summed E-state index contributed by atoms with van der Waals surface area (Å²) in [7, 11) is -3.34. The highest BCUT2D eigenvalue weighted by Gasteiger charge is 2.22. The Kier molecular flexibility index (Phi) is 8.81. The van der Waals surface area contributed by atoms with Crippen molar-refractivity contribution in [3.63, 3.8) is 0 Å². The van der Waals surface area contributed by atoms with Crippen LogP contribution < -0.4 is 10.0 Å². The Bertz CT molecular complexity index is 1400. The molecule has 4 rings (SSSR count). The van der Waals surface area contributed by atoms with E-state index >= 15 is 0 Å². The summed E-state index contributed by atoms with van der Waals surface area (Å²) in [5.74, 6) is 0.179. The van der Waals surface area contributed by atoms with Crippen LogP contribution in [0, 0.1) is 0 Å². The molecule has 0 spiro atoms. The summed E-state index contributed by atoms with van der Waals surface area (Å²) in [6.45, 7) is 4.61. The van der Waals surface area contributed by atoms with Gasteiger partial charge in [0, 0.05) is 35.1 Å². The Labute approximate surface area is 228 Å². The number of rotatable bonds is 10. The molecule has 1 aromatic heterocycles. The van der Waals surface area contributed by atoms with E-state index in [1.165, 1.54) is 22.5 Å². The molecule has 4 aromatic rings. The lowest BCUT2D eigenvalue weighted by atomic mass is 9.88. The van der Waals surface area contributed by atoms with E-state index in [1.807, 2.05) is 60.5 Å². The molecule has 0 unspecified atom stereocenters. The van der Waals surface area contributed by atoms with Crippen molar-refractivity contribution >= 4 is 38.2 Å². The number of aromatic nitrogens is 1. The van der Waals surface area contributed by atoms with Crippen LogP contribution in [0.1, 0.15) is 37.3 Å². The quantitative estimate of drug-likeness (QED) is 0.232. The molecule has 0 aliphatic carbocycles. The molecule has 3 aromatic carbocycles. The summed E-state index contributed by atoms with van der Waals surface area (Å²) in [6.07, 6.45) is 1.90. The lowest BCUT2D eigenvalue weighted by molar-refractivity contribution is 0.195. The zero-order chi connectivity index (χ0) is 27.1. The molecule has 2 N–H and O–H groups in total. The van der Waals surface area contributed by atoms with Crippen molar-refractivity contribution in [2.45, 2.75) is 32.2 Å². The molecule has 7 nitrogen and oxygen atoms in total. The molecular weight excluding hydrogens is 516 g/mol. The van der Waals surface area contributed by atoms with Gasteiger partial charge in [0.05, 0.1) is 11.9 Å². The normalized spacial score (nSPS) is 11.5. The fraction of sp³-hybridized carbons (Fsp3) is 0.241. The average molecular weight is 549 g/mol. The van der Waals surface area contributed by atoms with E-state index in [4.69, 9.17) is 0 Å². The number of urea groups is 1. The number of carbonyl (C=O) groups excluding carboxylic acids is 1. The van der Waals surface area contributed by atoms with E-state index in [-0.39, 0.29) is 18.0 Å². The highest BCUT2D eigenvalue weighted by Crippen LogP contribution is 2.29. The molecule has 1 heterocycles. The number of nitrogens with one attached hydrogen (secondary N) is 2. The molecule has 0 atom stereocenters. The van der Waals surface area contributed by atoms with Crippen LogP contribution >= 0.6 is 11.3 Å². The molecule has 0 aliphatic heterocycles. The van der Waals surface area contributed by atoms with Gasteiger partial charge in [-0.1, -0.05) is 72.8 Å². The highest BCUT2D eigenvalue weighted by molar-refractivity contribution is 7.92. The molecule has 0 saturated heterocycles. The van der Waals surface area contributed by atoms with Gasteiger partial charge in [0.1, 0.15) is 0 Å². The van der Waals surface area contributed by atoms with Crippen LogP contribution in [0.5, 0.6) is 0 Å². The highest BCUT2D eigenvalue weighted by atomic mass is 32.2. The van der Waals surface area contributed by atoms with E-state index in [9.17, 15) is 13.2 Å². The summed E-state index contributed by atoms with van der Waals surface area (Å²) < 4.78 is 25.3. The standard InChI is InChI=1S/C29H32N4O3S2/c1-21(2)33(19-18-26(22-10-6-4-7-11-22)23-12-8-5-9-13-23)29(34)31-28-30-27(20-37-28)24-14-16-25(17-15-24)32-38(3,35)36/h4-17,20-21,26,32H,18-19H2,1-3H3,(H,30,31,34). The number of benzene rings is 3. The fourth-order valence-electron chi connectivity index (χ4n) is 4.31. The maximum atomic E-state index is 13.3. The molecule has 38 heavy (non-hydrogen) atoms. The van der Waals surface area contributed by atoms with Crippen LogP contribution in [-0.2, 0) is 10.0 Å². The van der Waals surface area contributed by atoms with Crippen LogP contribution in [-0.4, -0.2) is 43.2 Å². The lowest BCUT2D eigenvalue weighted by Gasteiger charge is -2.29. The smallest absolute Gasteiger partial charge is 0.322 e. The van der Waals surface area contributed by atoms with Gasteiger partial charge < -0.3 is 4.90 Å². The maximum absolute atomic E-state index is 13.3. The molecule has 0 bridgehead atoms. The summed E-state index contributed by atoms with van der Waals surface area (Å²) >= 11 is 1.35. The van der Waals surface area contributed by atoms with Gasteiger partial charge in [-0.05, 0) is 43.5 Å². The van der Waals surface area contributed by atoms with Gasteiger partial charge >= 0.3 is 6.03 Å². The molecule has 0 saturated carbocycles. The van der Waals surface area contributed by atoms with Gasteiger partial charge in [-0.2, -0.15) is 0 Å². The average Bonchev–Trinajstić information content (AvgIpc) is 3.35. The monoisotopic (exact) mass is 548 g/mol. The Morgan fingerprint density at radius 1 is 0.921 bits per heavy atom. The first-order chi connectivity index (χ1) is 18.2. The van der Waals surface area contributed by atoms with Gasteiger partial charge in [0.2, 0.25) is 10.0 Å². The van der Waals surface area contributed by atoms with Crippen LogP contribution in [0.15, 0.2) is 90.3 Å². The van der Waals surface area contributed by atoms with Gasteiger partial charge in [-0.25, -0.2) is 18.2 Å². The van der Waals surface area contributed by atoms with E-state index < -0.39 is 10.0 Å². The number of anilines is 2. The van der Waals surface area contributed by atoms with Crippen LogP contribution in [0.4, 0.5) is 15.6 Å². The van der Waals surface area contributed by atoms with Crippen LogP contribution in [0.2, 0.25) is 0 Å². The zero-order valence-corrected chi connectivity index (χ0v) is 23.3. The van der Waals surface area contributed by atoms with E-state index in [1.54, 1.807) is 24.3 Å². The maximum Gasteiger partial charge on any atom is 0.323 e. The molecule has 0 fully saturated rings. The largest absolute Gasteiger partial charge is 0.323 e. The Hall–Kier alpha value is -3.69. The second-order valence-corrected chi connectivity index (χ2v) is 12.0. The first-order valence-electron chi connectivity index (χ1n) is 12.4. The minimum Gasteiger partial charge on any atom is -0.322 e. The number of sulfonamides is 1. The van der Waals surface area contributed by atoms with Crippen molar-refractivity contribution in [3.8, 4) is 11.3 Å². The van der Waals surface area contributed by atoms with Crippen molar-refractivity contribution in [2.24, 2.45) is 0 Å². The van der Waals surface area contributed by atoms with Gasteiger partial charge in [-0.3, -0.25) is 10.0 Å². The molecule has 9 heteroatoms. The number of hydrogen-bond acceptors (Lipinski definition) is 5. The first kappa shape index (κ1) is 27.3. The van der Waals surface area contributed by atoms with Crippen molar-refractivity contribution < 1.29 is 13.2 Å². The lowest BCUT2D eigenvalue weighted by Crippen LogP contribution is -2.41. The van der Waals surface area contributed by atoms with Crippen molar-refractivity contribution in [3.05, 3.63) is 101 Å². The third kappa shape index (κ3) is 7.43. The van der Waals surface area contributed by atoms with Gasteiger partial charge in [-0.15, -0.1) is 11.3 Å². The van der Waals surface area contributed by atoms with Gasteiger partial charge in [0.25, 0.3) is 0 Å². The number of nitrogens with zero attached hydrogens (tertiary/aromatic N) is 2. The molecule has 0 aliphatic rings. The topological polar surface area (TPSA) is 91.4 Å². The van der Waals surface area contributed by atoms with Crippen molar-refractivity contribution in [1.29, 1.82) is 0 Å². The molecule has 2 amide bonds. The van der Waals surface area contributed by atoms with Crippen LogP contribution in [0.3, 0.4) is 0 Å². The van der Waals surface area contributed by atoms with Crippen molar-refractivity contribution in [1.82, 2.24) is 9.88 Å². The Balaban J connectivity index is 1.44. The third-order valence-electron chi connectivity index (χ3n) is 6.15. The Morgan fingerprint density at radius 3 is 2.03 bits per heavy atom. The first-order valence-corrected chi connectivity index (χ1v) is 15.2.